The minimum Gasteiger partial charge on any atom is -0.172 e. The fourth-order valence-electron chi connectivity index (χ4n) is 6.70. The smallest absolute Gasteiger partial charge is 0.114 e. The molecule has 0 amide bonds. The van der Waals surface area contributed by atoms with Crippen molar-refractivity contribution < 1.29 is 0 Å². The zero-order valence-corrected chi connectivity index (χ0v) is 25.0. The lowest BCUT2D eigenvalue weighted by Gasteiger charge is -2.26. The number of hydrogen-bond donors (Lipinski definition) is 0. The van der Waals surface area contributed by atoms with Crippen molar-refractivity contribution in [1.29, 1.82) is 0 Å². The van der Waals surface area contributed by atoms with Crippen LogP contribution in [0.5, 0.6) is 0 Å². The molecule has 0 spiro atoms. The summed E-state index contributed by atoms with van der Waals surface area (Å²) < 4.78 is 9.65. The van der Waals surface area contributed by atoms with Crippen molar-refractivity contribution in [2.45, 2.75) is 90.9 Å². The van der Waals surface area contributed by atoms with Crippen LogP contribution in [0.4, 0.5) is 0 Å². The Morgan fingerprint density at radius 2 is 1.22 bits per heavy atom. The average Bonchev–Trinajstić information content (AvgIpc) is 3.63. The minimum atomic E-state index is 0.707. The molecule has 1 aromatic carbocycles. The van der Waals surface area contributed by atoms with Crippen molar-refractivity contribution in [2.24, 2.45) is 11.8 Å². The first-order chi connectivity index (χ1) is 18.0. The first-order valence-corrected chi connectivity index (χ1v) is 16.5. The molecule has 0 saturated heterocycles. The summed E-state index contributed by atoms with van der Waals surface area (Å²) in [7, 11) is 0. The molecule has 3 heterocycles. The van der Waals surface area contributed by atoms with Crippen LogP contribution in [-0.4, -0.2) is 8.75 Å². The summed E-state index contributed by atoms with van der Waals surface area (Å²) in [5.41, 5.74) is 7.58. The Labute approximate surface area is 234 Å². The van der Waals surface area contributed by atoms with Crippen molar-refractivity contribution in [3.8, 4) is 20.9 Å². The lowest BCUT2D eigenvalue weighted by molar-refractivity contribution is 0.350. The quantitative estimate of drug-likeness (QED) is 0.233. The Balaban J connectivity index is 1.29. The highest BCUT2D eigenvalue weighted by atomic mass is 32.1. The Bertz CT molecular complexity index is 1410. The lowest BCUT2D eigenvalue weighted by atomic mass is 9.80. The highest BCUT2D eigenvalue weighted by Gasteiger charge is 2.26. The molecule has 0 atom stereocenters. The normalized spacial score (nSPS) is 24.9. The van der Waals surface area contributed by atoms with E-state index in [2.05, 4.69) is 64.1 Å². The molecule has 4 aromatic rings. The monoisotopic (exact) mass is 546 g/mol. The minimum absolute atomic E-state index is 0.707. The molecule has 6 rings (SSSR count). The fourth-order valence-corrected chi connectivity index (χ4v) is 10.0. The van der Waals surface area contributed by atoms with Crippen LogP contribution in [0.3, 0.4) is 0 Å². The van der Waals surface area contributed by atoms with Crippen LogP contribution in [0.1, 0.15) is 97.9 Å². The molecule has 194 valence electrons. The first kappa shape index (κ1) is 25.5. The van der Waals surface area contributed by atoms with E-state index in [1.807, 2.05) is 22.7 Å². The van der Waals surface area contributed by atoms with Gasteiger partial charge in [0.15, 0.2) is 0 Å². The molecular formula is C32H38N2S3. The Morgan fingerprint density at radius 1 is 0.730 bits per heavy atom. The average molecular weight is 547 g/mol. The van der Waals surface area contributed by atoms with Gasteiger partial charge in [0.25, 0.3) is 0 Å². The van der Waals surface area contributed by atoms with Gasteiger partial charge in [0, 0.05) is 30.6 Å². The molecule has 5 heteroatoms. The van der Waals surface area contributed by atoms with Crippen LogP contribution in [0.25, 0.3) is 31.9 Å². The summed E-state index contributed by atoms with van der Waals surface area (Å²) >= 11 is 5.36. The molecule has 0 unspecified atom stereocenters. The van der Waals surface area contributed by atoms with E-state index in [0.29, 0.717) is 5.92 Å². The van der Waals surface area contributed by atoms with E-state index in [1.165, 1.54) is 95.1 Å². The number of aromatic nitrogens is 2. The van der Waals surface area contributed by atoms with Crippen LogP contribution in [0.15, 0.2) is 36.4 Å². The zero-order valence-electron chi connectivity index (χ0n) is 22.5. The van der Waals surface area contributed by atoms with Gasteiger partial charge in [-0.1, -0.05) is 44.1 Å². The fraction of sp³-hybridized carbons (Fsp3) is 0.500. The summed E-state index contributed by atoms with van der Waals surface area (Å²) in [4.78, 5) is 5.91. The van der Waals surface area contributed by atoms with E-state index in [4.69, 9.17) is 8.75 Å². The summed E-state index contributed by atoms with van der Waals surface area (Å²) in [6.45, 7) is 9.17. The molecule has 2 aliphatic carbocycles. The molecule has 0 aliphatic heterocycles. The third-order valence-corrected chi connectivity index (χ3v) is 12.2. The van der Waals surface area contributed by atoms with Crippen LogP contribution >= 0.6 is 34.4 Å². The van der Waals surface area contributed by atoms with Crippen LogP contribution < -0.4 is 0 Å². The molecule has 0 radical (unpaired) electrons. The lowest BCUT2D eigenvalue weighted by Crippen LogP contribution is -2.11. The third-order valence-electron chi connectivity index (χ3n) is 8.85. The van der Waals surface area contributed by atoms with Crippen LogP contribution in [-0.2, 0) is 0 Å². The predicted octanol–water partition coefficient (Wildman–Crippen LogP) is 10.9. The number of rotatable bonds is 5. The summed E-state index contributed by atoms with van der Waals surface area (Å²) in [6, 6.07) is 9.44. The van der Waals surface area contributed by atoms with Gasteiger partial charge in [0.2, 0.25) is 0 Å². The second-order valence-electron chi connectivity index (χ2n) is 11.5. The van der Waals surface area contributed by atoms with E-state index in [-0.39, 0.29) is 0 Å². The van der Waals surface area contributed by atoms with E-state index < -0.39 is 0 Å². The largest absolute Gasteiger partial charge is 0.172 e. The maximum absolute atomic E-state index is 4.82. The van der Waals surface area contributed by atoms with E-state index in [9.17, 15) is 0 Å². The van der Waals surface area contributed by atoms with Gasteiger partial charge < -0.3 is 0 Å². The van der Waals surface area contributed by atoms with Crippen molar-refractivity contribution in [2.75, 3.05) is 0 Å². The van der Waals surface area contributed by atoms with Gasteiger partial charge in [-0.15, -0.1) is 22.7 Å². The Kier molecular flexibility index (Phi) is 7.39. The first-order valence-electron chi connectivity index (χ1n) is 14.1. The van der Waals surface area contributed by atoms with Crippen molar-refractivity contribution in [1.82, 2.24) is 8.75 Å². The van der Waals surface area contributed by atoms with E-state index >= 15 is 0 Å². The second kappa shape index (κ2) is 10.7. The maximum atomic E-state index is 4.82. The summed E-state index contributed by atoms with van der Waals surface area (Å²) in [6.07, 6.45) is 15.3. The number of nitrogens with zero attached hydrogens (tertiary/aromatic N) is 2. The third kappa shape index (κ3) is 4.99. The van der Waals surface area contributed by atoms with Crippen molar-refractivity contribution in [3.63, 3.8) is 0 Å². The van der Waals surface area contributed by atoms with Gasteiger partial charge in [-0.3, -0.25) is 0 Å². The van der Waals surface area contributed by atoms with E-state index in [1.54, 1.807) is 9.75 Å². The number of hydrogen-bond acceptors (Lipinski definition) is 5. The number of fused-ring (bicyclic) bond motifs is 1. The van der Waals surface area contributed by atoms with E-state index in [0.717, 1.165) is 28.8 Å². The summed E-state index contributed by atoms with van der Waals surface area (Å²) in [5, 5.41) is 0. The number of thiophene rings is 2. The molecule has 2 fully saturated rings. The van der Waals surface area contributed by atoms with Gasteiger partial charge in [-0.05, 0) is 106 Å². The second-order valence-corrected chi connectivity index (χ2v) is 14.2. The molecule has 37 heavy (non-hydrogen) atoms. The standard InChI is InChI=1S/C32H38N2S3/c1-5-6-22-9-13-24(14-10-22)32-21(4)18-28(36-32)26-16-15-25(29-30(26)34-37-33-29)27-17-20(3)31(35-27)23-11-7-19(2)8-12-23/h5-6,15-19,22-24H,7-14H2,1-4H3. The topological polar surface area (TPSA) is 25.8 Å². The van der Waals surface area contributed by atoms with Gasteiger partial charge >= 0.3 is 0 Å². The maximum Gasteiger partial charge on any atom is 0.114 e. The molecule has 2 saturated carbocycles. The molecule has 2 nitrogen and oxygen atoms in total. The highest BCUT2D eigenvalue weighted by molar-refractivity contribution is 7.16. The van der Waals surface area contributed by atoms with Gasteiger partial charge in [0.05, 0.1) is 11.7 Å². The predicted molar refractivity (Wildman–Crippen MR) is 163 cm³/mol. The molecular weight excluding hydrogens is 509 g/mol. The highest BCUT2D eigenvalue weighted by Crippen LogP contribution is 2.47. The molecule has 2 aliphatic rings. The summed E-state index contributed by atoms with van der Waals surface area (Å²) in [5.74, 6) is 3.11. The Morgan fingerprint density at radius 3 is 1.70 bits per heavy atom. The Hall–Kier alpha value is -1.82. The van der Waals surface area contributed by atoms with Gasteiger partial charge in [-0.25, -0.2) is 0 Å². The molecule has 0 N–H and O–H groups in total. The van der Waals surface area contributed by atoms with Crippen molar-refractivity contribution in [3.05, 3.63) is 57.3 Å². The number of aryl methyl sites for hydroxylation is 2. The zero-order chi connectivity index (χ0) is 25.5. The van der Waals surface area contributed by atoms with Gasteiger partial charge in [0.1, 0.15) is 11.0 Å². The van der Waals surface area contributed by atoms with Crippen LogP contribution in [0.2, 0.25) is 0 Å². The number of benzene rings is 1. The van der Waals surface area contributed by atoms with Gasteiger partial charge in [-0.2, -0.15) is 8.75 Å². The van der Waals surface area contributed by atoms with Crippen molar-refractivity contribution >= 4 is 45.4 Å². The number of allylic oxidation sites excluding steroid dienone is 2. The molecule has 3 aromatic heterocycles. The SMILES string of the molecule is CC=CC1CCC(c2sc(-c3ccc(-c4cc(C)c(C5CCC(C)CC5)s4)c4nsnc34)cc2C)CC1. The molecule has 0 bridgehead atoms. The van der Waals surface area contributed by atoms with Crippen LogP contribution in [0, 0.1) is 25.7 Å².